The molecule has 3 N–H and O–H groups in total. The van der Waals surface area contributed by atoms with Crippen molar-refractivity contribution in [3.8, 4) is 0 Å². The molecule has 0 aliphatic rings. The molecule has 2 aromatic heterocycles. The Morgan fingerprint density at radius 2 is 2.08 bits per heavy atom. The van der Waals surface area contributed by atoms with Gasteiger partial charge in [-0.25, -0.2) is 8.91 Å². The van der Waals surface area contributed by atoms with Crippen molar-refractivity contribution in [3.05, 3.63) is 57.4 Å². The quantitative estimate of drug-likeness (QED) is 0.625. The summed E-state index contributed by atoms with van der Waals surface area (Å²) in [7, 11) is 0. The summed E-state index contributed by atoms with van der Waals surface area (Å²) in [6.45, 7) is 2.06. The zero-order chi connectivity index (χ0) is 18.0. The minimum absolute atomic E-state index is 0.120. The molecule has 132 valence electrons. The molecule has 0 spiro atoms. The standard InChI is InChI=1S/C17H18BrClFN5/c1-10(20)13(21)7-12-8-14-16(22-9-11-5-3-2-4-6-11)23-17(19)24-25(14)15(12)18/h2-6,8,10,13H,7,9,21H2,1H3,(H,22,23,24)/t10-,13+/m0/s1. The number of benzene rings is 1. The van der Waals surface area contributed by atoms with Crippen LogP contribution in [0.4, 0.5) is 10.2 Å². The van der Waals surface area contributed by atoms with Crippen LogP contribution < -0.4 is 11.1 Å². The molecular weight excluding hydrogens is 409 g/mol. The first-order valence-corrected chi connectivity index (χ1v) is 9.04. The van der Waals surface area contributed by atoms with Crippen molar-refractivity contribution in [1.82, 2.24) is 14.6 Å². The lowest BCUT2D eigenvalue weighted by molar-refractivity contribution is 0.304. The number of anilines is 1. The zero-order valence-corrected chi connectivity index (χ0v) is 15.9. The summed E-state index contributed by atoms with van der Waals surface area (Å²) < 4.78 is 15.8. The summed E-state index contributed by atoms with van der Waals surface area (Å²) in [4.78, 5) is 4.28. The maximum absolute atomic E-state index is 13.4. The second kappa shape index (κ2) is 7.68. The Balaban J connectivity index is 1.92. The average Bonchev–Trinajstić information content (AvgIpc) is 2.90. The molecule has 0 amide bonds. The average molecular weight is 427 g/mol. The summed E-state index contributed by atoms with van der Waals surface area (Å²) in [6, 6.07) is 11.3. The molecule has 2 heterocycles. The summed E-state index contributed by atoms with van der Waals surface area (Å²) in [6.07, 6.45) is -0.711. The van der Waals surface area contributed by atoms with E-state index >= 15 is 0 Å². The molecule has 0 bridgehead atoms. The molecule has 0 radical (unpaired) electrons. The van der Waals surface area contributed by atoms with Crippen LogP contribution in [0.1, 0.15) is 18.1 Å². The zero-order valence-electron chi connectivity index (χ0n) is 13.6. The normalized spacial score (nSPS) is 13.8. The second-order valence-corrected chi connectivity index (χ2v) is 6.96. The number of hydrogen-bond acceptors (Lipinski definition) is 4. The van der Waals surface area contributed by atoms with Gasteiger partial charge in [0.25, 0.3) is 0 Å². The molecule has 0 unspecified atom stereocenters. The fourth-order valence-corrected chi connectivity index (χ4v) is 3.23. The molecule has 2 atom stereocenters. The van der Waals surface area contributed by atoms with E-state index in [2.05, 4.69) is 31.3 Å². The number of rotatable bonds is 6. The third kappa shape index (κ3) is 4.11. The summed E-state index contributed by atoms with van der Waals surface area (Å²) in [5, 5.41) is 7.61. The van der Waals surface area contributed by atoms with Crippen LogP contribution in [0.15, 0.2) is 41.0 Å². The molecule has 0 saturated heterocycles. The molecule has 1 aromatic carbocycles. The van der Waals surface area contributed by atoms with Crippen molar-refractivity contribution < 1.29 is 4.39 Å². The summed E-state index contributed by atoms with van der Waals surface area (Å²) in [5.41, 5.74) is 8.59. The van der Waals surface area contributed by atoms with Crippen molar-refractivity contribution in [3.63, 3.8) is 0 Å². The smallest absolute Gasteiger partial charge is 0.243 e. The van der Waals surface area contributed by atoms with Gasteiger partial charge in [0.2, 0.25) is 5.28 Å². The predicted octanol–water partition coefficient (Wildman–Crippen LogP) is 3.99. The van der Waals surface area contributed by atoms with Crippen LogP contribution in [0, 0.1) is 0 Å². The van der Waals surface area contributed by atoms with Crippen LogP contribution in [-0.2, 0) is 13.0 Å². The van der Waals surface area contributed by atoms with Gasteiger partial charge in [-0.3, -0.25) is 0 Å². The summed E-state index contributed by atoms with van der Waals surface area (Å²) in [5.74, 6) is 0.609. The lowest BCUT2D eigenvalue weighted by Gasteiger charge is -2.11. The van der Waals surface area contributed by atoms with Gasteiger partial charge in [-0.1, -0.05) is 30.3 Å². The van der Waals surface area contributed by atoms with Crippen LogP contribution in [0.2, 0.25) is 5.28 Å². The van der Waals surface area contributed by atoms with Crippen LogP contribution in [0.3, 0.4) is 0 Å². The van der Waals surface area contributed by atoms with Crippen molar-refractivity contribution >= 4 is 38.9 Å². The Morgan fingerprint density at radius 1 is 1.36 bits per heavy atom. The molecule has 3 rings (SSSR count). The van der Waals surface area contributed by atoms with E-state index in [0.29, 0.717) is 23.4 Å². The van der Waals surface area contributed by atoms with Crippen LogP contribution >= 0.6 is 27.5 Å². The minimum atomic E-state index is -1.10. The van der Waals surface area contributed by atoms with E-state index in [-0.39, 0.29) is 5.28 Å². The molecular formula is C17H18BrClFN5. The molecule has 25 heavy (non-hydrogen) atoms. The van der Waals surface area contributed by atoms with E-state index in [1.165, 1.54) is 6.92 Å². The molecule has 0 aliphatic heterocycles. The third-order valence-electron chi connectivity index (χ3n) is 3.97. The van der Waals surface area contributed by atoms with E-state index in [1.807, 2.05) is 36.4 Å². The fourth-order valence-electron chi connectivity index (χ4n) is 2.52. The van der Waals surface area contributed by atoms with Gasteiger partial charge >= 0.3 is 0 Å². The monoisotopic (exact) mass is 425 g/mol. The number of nitrogens with one attached hydrogen (secondary N) is 1. The van der Waals surface area contributed by atoms with Gasteiger partial charge in [0.15, 0.2) is 5.82 Å². The number of halogens is 3. The number of nitrogens with zero attached hydrogens (tertiary/aromatic N) is 3. The Labute approximate surface area is 158 Å². The topological polar surface area (TPSA) is 68.2 Å². The molecule has 8 heteroatoms. The van der Waals surface area contributed by atoms with Crippen LogP contribution in [0.5, 0.6) is 0 Å². The number of nitrogens with two attached hydrogens (primary N) is 1. The highest BCUT2D eigenvalue weighted by molar-refractivity contribution is 9.10. The fraction of sp³-hybridized carbons (Fsp3) is 0.294. The van der Waals surface area contributed by atoms with E-state index in [9.17, 15) is 4.39 Å². The number of hydrogen-bond donors (Lipinski definition) is 2. The van der Waals surface area contributed by atoms with Gasteiger partial charge in [0.05, 0.1) is 0 Å². The van der Waals surface area contributed by atoms with Gasteiger partial charge in [-0.2, -0.15) is 4.98 Å². The van der Waals surface area contributed by atoms with Gasteiger partial charge in [0, 0.05) is 12.6 Å². The molecule has 0 saturated carbocycles. The SMILES string of the molecule is C[C@H](F)[C@H](N)Cc1cc2c(NCc3ccccc3)nc(Cl)nn2c1Br. The molecule has 0 fully saturated rings. The van der Waals surface area contributed by atoms with Crippen molar-refractivity contribution in [2.45, 2.75) is 32.1 Å². The number of aromatic nitrogens is 3. The maximum atomic E-state index is 13.4. The van der Waals surface area contributed by atoms with Crippen LogP contribution in [-0.4, -0.2) is 26.8 Å². The molecule has 5 nitrogen and oxygen atoms in total. The highest BCUT2D eigenvalue weighted by atomic mass is 79.9. The molecule has 0 aliphatic carbocycles. The lowest BCUT2D eigenvalue weighted by Crippen LogP contribution is -2.31. The van der Waals surface area contributed by atoms with Gasteiger partial charge in [-0.15, -0.1) is 5.10 Å². The van der Waals surface area contributed by atoms with Gasteiger partial charge in [0.1, 0.15) is 16.3 Å². The number of alkyl halides is 1. The second-order valence-electron chi connectivity index (χ2n) is 5.87. The third-order valence-corrected chi connectivity index (χ3v) is 4.97. The van der Waals surface area contributed by atoms with Crippen molar-refractivity contribution in [2.24, 2.45) is 5.73 Å². The Hall–Kier alpha value is -1.70. The van der Waals surface area contributed by atoms with E-state index in [1.54, 1.807) is 4.52 Å². The van der Waals surface area contributed by atoms with E-state index in [4.69, 9.17) is 17.3 Å². The minimum Gasteiger partial charge on any atom is -0.364 e. The van der Waals surface area contributed by atoms with Crippen LogP contribution in [0.25, 0.3) is 5.52 Å². The first-order valence-electron chi connectivity index (χ1n) is 7.87. The van der Waals surface area contributed by atoms with Gasteiger partial charge < -0.3 is 11.1 Å². The highest BCUT2D eigenvalue weighted by Gasteiger charge is 2.19. The maximum Gasteiger partial charge on any atom is 0.243 e. The van der Waals surface area contributed by atoms with E-state index < -0.39 is 12.2 Å². The largest absolute Gasteiger partial charge is 0.364 e. The lowest BCUT2D eigenvalue weighted by atomic mass is 10.1. The van der Waals surface area contributed by atoms with Gasteiger partial charge in [-0.05, 0) is 58.1 Å². The first-order chi connectivity index (χ1) is 12.0. The predicted molar refractivity (Wildman–Crippen MR) is 102 cm³/mol. The van der Waals surface area contributed by atoms with E-state index in [0.717, 1.165) is 16.6 Å². The summed E-state index contributed by atoms with van der Waals surface area (Å²) >= 11 is 9.56. The highest BCUT2D eigenvalue weighted by Crippen LogP contribution is 2.28. The molecule has 3 aromatic rings. The Morgan fingerprint density at radius 3 is 2.76 bits per heavy atom. The first kappa shape index (κ1) is 18.1. The van der Waals surface area contributed by atoms with Crippen molar-refractivity contribution in [2.75, 3.05) is 5.32 Å². The Bertz CT molecular complexity index is 868. The van der Waals surface area contributed by atoms with Crippen molar-refractivity contribution in [1.29, 1.82) is 0 Å². The Kier molecular flexibility index (Phi) is 5.56. The number of fused-ring (bicyclic) bond motifs is 1.